The summed E-state index contributed by atoms with van der Waals surface area (Å²) in [7, 11) is 0. The number of carbonyl (C=O) groups is 2. The molecule has 0 aliphatic carbocycles. The van der Waals surface area contributed by atoms with Gasteiger partial charge in [-0.2, -0.15) is 0 Å². The Hall–Kier alpha value is -1.99. The molecule has 2 N–H and O–H groups in total. The van der Waals surface area contributed by atoms with Crippen LogP contribution in [0.2, 0.25) is 5.02 Å². The van der Waals surface area contributed by atoms with Crippen molar-refractivity contribution in [2.75, 3.05) is 0 Å². The summed E-state index contributed by atoms with van der Waals surface area (Å²) in [5.74, 6) is -1.75. The molecule has 0 unspecified atom stereocenters. The number of nitrogens with zero attached hydrogens (tertiary/aromatic N) is 2. The molecule has 98 valence electrons. The van der Waals surface area contributed by atoms with Gasteiger partial charge in [-0.25, -0.2) is 4.79 Å². The molecule has 0 bridgehead atoms. The fraction of sp³-hybridized carbons (Fsp3) is 0.0909. The van der Waals surface area contributed by atoms with Crippen molar-refractivity contribution in [2.45, 2.75) is 6.04 Å². The highest BCUT2D eigenvalue weighted by molar-refractivity contribution is 7.07. The number of hydrogen-bond donors (Lipinski definition) is 2. The van der Waals surface area contributed by atoms with Crippen molar-refractivity contribution >= 4 is 35.0 Å². The Morgan fingerprint density at radius 3 is 2.68 bits per heavy atom. The molecule has 0 saturated heterocycles. The molecule has 0 aliphatic heterocycles. The number of rotatable bonds is 4. The highest BCUT2D eigenvalue weighted by atomic mass is 35.5. The molecule has 1 amide bonds. The molecule has 1 aromatic carbocycles. The van der Waals surface area contributed by atoms with Crippen molar-refractivity contribution in [3.05, 3.63) is 45.9 Å². The van der Waals surface area contributed by atoms with Gasteiger partial charge in [0.25, 0.3) is 5.91 Å². The van der Waals surface area contributed by atoms with Crippen LogP contribution >= 0.6 is 23.1 Å². The van der Waals surface area contributed by atoms with Crippen molar-refractivity contribution in [1.82, 2.24) is 14.9 Å². The second kappa shape index (κ2) is 5.77. The molecule has 8 heteroatoms. The Morgan fingerprint density at radius 2 is 2.11 bits per heavy atom. The molecule has 1 atom stereocenters. The number of aromatic nitrogens is 2. The molecule has 19 heavy (non-hydrogen) atoms. The molecule has 2 rings (SSSR count). The summed E-state index contributed by atoms with van der Waals surface area (Å²) in [6.07, 6.45) is 1.27. The molecular formula is C11H8ClN3O3S. The number of carboxylic acid groups (broad SMARTS) is 1. The van der Waals surface area contributed by atoms with Crippen molar-refractivity contribution in [3.8, 4) is 0 Å². The summed E-state index contributed by atoms with van der Waals surface area (Å²) in [5.41, 5.74) is 0.322. The van der Waals surface area contributed by atoms with E-state index in [9.17, 15) is 14.7 Å². The van der Waals surface area contributed by atoms with Crippen LogP contribution in [0.15, 0.2) is 30.5 Å². The van der Waals surface area contributed by atoms with Gasteiger partial charge in [0.15, 0.2) is 6.04 Å². The van der Waals surface area contributed by atoms with E-state index in [1.54, 1.807) is 24.3 Å². The molecule has 1 heterocycles. The van der Waals surface area contributed by atoms with E-state index in [-0.39, 0.29) is 9.90 Å². The first-order valence-electron chi connectivity index (χ1n) is 5.15. The van der Waals surface area contributed by atoms with Gasteiger partial charge in [-0.1, -0.05) is 34.3 Å². The minimum Gasteiger partial charge on any atom is -0.479 e. The number of aliphatic carboxylic acids is 1. The first-order valence-corrected chi connectivity index (χ1v) is 6.30. The minimum atomic E-state index is -1.22. The number of amides is 1. The van der Waals surface area contributed by atoms with Gasteiger partial charge in [-0.3, -0.25) is 4.79 Å². The van der Waals surface area contributed by atoms with Crippen LogP contribution in [-0.4, -0.2) is 26.6 Å². The fourth-order valence-corrected chi connectivity index (χ4v) is 2.11. The van der Waals surface area contributed by atoms with Crippen LogP contribution in [0.25, 0.3) is 0 Å². The van der Waals surface area contributed by atoms with Gasteiger partial charge in [0.1, 0.15) is 4.88 Å². The van der Waals surface area contributed by atoms with E-state index in [4.69, 9.17) is 11.6 Å². The molecule has 0 aliphatic rings. The van der Waals surface area contributed by atoms with Gasteiger partial charge >= 0.3 is 5.97 Å². The van der Waals surface area contributed by atoms with Crippen LogP contribution in [0.4, 0.5) is 0 Å². The van der Waals surface area contributed by atoms with Crippen LogP contribution in [0.1, 0.15) is 21.3 Å². The third kappa shape index (κ3) is 3.07. The van der Waals surface area contributed by atoms with Gasteiger partial charge in [-0.05, 0) is 17.6 Å². The first kappa shape index (κ1) is 13.4. The number of carboxylic acids is 1. The molecule has 0 saturated carbocycles. The van der Waals surface area contributed by atoms with Crippen molar-refractivity contribution < 1.29 is 14.7 Å². The van der Waals surface area contributed by atoms with E-state index < -0.39 is 17.9 Å². The largest absolute Gasteiger partial charge is 0.479 e. The van der Waals surface area contributed by atoms with E-state index in [0.29, 0.717) is 5.56 Å². The average molecular weight is 298 g/mol. The summed E-state index contributed by atoms with van der Waals surface area (Å²) in [6.45, 7) is 0. The lowest BCUT2D eigenvalue weighted by Crippen LogP contribution is -2.33. The maximum Gasteiger partial charge on any atom is 0.330 e. The van der Waals surface area contributed by atoms with E-state index in [1.165, 1.54) is 6.20 Å². The summed E-state index contributed by atoms with van der Waals surface area (Å²) < 4.78 is 3.54. The monoisotopic (exact) mass is 297 g/mol. The zero-order chi connectivity index (χ0) is 13.8. The van der Waals surface area contributed by atoms with Crippen LogP contribution < -0.4 is 5.32 Å². The van der Waals surface area contributed by atoms with Gasteiger partial charge in [-0.15, -0.1) is 5.10 Å². The second-order valence-electron chi connectivity index (χ2n) is 3.55. The zero-order valence-corrected chi connectivity index (χ0v) is 11.0. The molecule has 2 aromatic rings. The number of nitrogens with one attached hydrogen (secondary N) is 1. The summed E-state index contributed by atoms with van der Waals surface area (Å²) in [4.78, 5) is 23.3. The lowest BCUT2D eigenvalue weighted by atomic mass is 10.1. The number of benzene rings is 1. The maximum atomic E-state index is 11.8. The Morgan fingerprint density at radius 1 is 1.37 bits per heavy atom. The van der Waals surface area contributed by atoms with Crippen molar-refractivity contribution in [1.29, 1.82) is 0 Å². The first-order chi connectivity index (χ1) is 9.09. The van der Waals surface area contributed by atoms with E-state index in [1.807, 2.05) is 0 Å². The predicted octanol–water partition coefficient (Wildman–Crippen LogP) is 1.75. The van der Waals surface area contributed by atoms with Crippen LogP contribution in [0.3, 0.4) is 0 Å². The third-order valence-corrected chi connectivity index (χ3v) is 3.33. The SMILES string of the molecule is O=C(N[C@@H](C(=O)O)c1ccccc1Cl)c1cnns1. The van der Waals surface area contributed by atoms with Crippen LogP contribution in [0, 0.1) is 0 Å². The summed E-state index contributed by atoms with van der Waals surface area (Å²) in [5, 5.41) is 15.4. The van der Waals surface area contributed by atoms with E-state index in [0.717, 1.165) is 11.5 Å². The number of carbonyl (C=O) groups excluding carboxylic acids is 1. The number of halogens is 1. The molecule has 1 aromatic heterocycles. The van der Waals surface area contributed by atoms with Gasteiger partial charge < -0.3 is 10.4 Å². The molecule has 6 nitrogen and oxygen atoms in total. The Labute approximate surface area is 117 Å². The minimum absolute atomic E-state index is 0.235. The predicted molar refractivity (Wildman–Crippen MR) is 69.2 cm³/mol. The van der Waals surface area contributed by atoms with Crippen LogP contribution in [0.5, 0.6) is 0 Å². The van der Waals surface area contributed by atoms with Crippen LogP contribution in [-0.2, 0) is 4.79 Å². The smallest absolute Gasteiger partial charge is 0.330 e. The molecule has 0 spiro atoms. The zero-order valence-electron chi connectivity index (χ0n) is 9.41. The summed E-state index contributed by atoms with van der Waals surface area (Å²) in [6, 6.07) is 5.22. The number of hydrogen-bond acceptors (Lipinski definition) is 5. The lowest BCUT2D eigenvalue weighted by Gasteiger charge is -2.15. The molecular weight excluding hydrogens is 290 g/mol. The Bertz CT molecular complexity index is 603. The second-order valence-corrected chi connectivity index (χ2v) is 4.74. The quantitative estimate of drug-likeness (QED) is 0.897. The van der Waals surface area contributed by atoms with E-state index in [2.05, 4.69) is 14.9 Å². The molecule has 0 fully saturated rings. The lowest BCUT2D eigenvalue weighted by molar-refractivity contribution is -0.139. The highest BCUT2D eigenvalue weighted by Gasteiger charge is 2.25. The average Bonchev–Trinajstić information content (AvgIpc) is 2.90. The fourth-order valence-electron chi connectivity index (χ4n) is 1.45. The summed E-state index contributed by atoms with van der Waals surface area (Å²) >= 11 is 6.82. The maximum absolute atomic E-state index is 11.8. The standard InChI is InChI=1S/C11H8ClN3O3S/c12-7-4-2-1-3-6(7)9(11(17)18)14-10(16)8-5-13-15-19-8/h1-5,9H,(H,14,16)(H,17,18)/t9-/m1/s1. The van der Waals surface area contributed by atoms with Gasteiger partial charge in [0.05, 0.1) is 6.20 Å². The topological polar surface area (TPSA) is 92.2 Å². The van der Waals surface area contributed by atoms with E-state index >= 15 is 0 Å². The highest BCUT2D eigenvalue weighted by Crippen LogP contribution is 2.23. The third-order valence-electron chi connectivity index (χ3n) is 2.32. The van der Waals surface area contributed by atoms with Crippen molar-refractivity contribution in [2.24, 2.45) is 0 Å². The normalized spacial score (nSPS) is 11.8. The Balaban J connectivity index is 2.25. The van der Waals surface area contributed by atoms with Gasteiger partial charge in [0, 0.05) is 10.6 Å². The van der Waals surface area contributed by atoms with Crippen molar-refractivity contribution in [3.63, 3.8) is 0 Å². The van der Waals surface area contributed by atoms with Gasteiger partial charge in [0.2, 0.25) is 0 Å². The molecule has 0 radical (unpaired) electrons. The Kier molecular flexibility index (Phi) is 4.08.